The number of ketones is 1. The Balaban J connectivity index is 2.28. The second-order valence-corrected chi connectivity index (χ2v) is 3.85. The third kappa shape index (κ3) is 4.88. The molecule has 16 heavy (non-hydrogen) atoms. The molecule has 1 aromatic heterocycles. The third-order valence-electron chi connectivity index (χ3n) is 1.57. The van der Waals surface area contributed by atoms with Gasteiger partial charge in [0, 0.05) is 12.4 Å². The van der Waals surface area contributed by atoms with E-state index in [0.29, 0.717) is 11.6 Å². The Morgan fingerprint density at radius 1 is 1.44 bits per heavy atom. The second-order valence-electron chi connectivity index (χ2n) is 2.85. The summed E-state index contributed by atoms with van der Waals surface area (Å²) >= 11 is 1.26. The van der Waals surface area contributed by atoms with E-state index < -0.39 is 5.97 Å². The van der Waals surface area contributed by atoms with Crippen LogP contribution < -0.4 is 0 Å². The van der Waals surface area contributed by atoms with Gasteiger partial charge in [-0.15, -0.1) is 0 Å². The van der Waals surface area contributed by atoms with Crippen LogP contribution in [0.15, 0.2) is 23.6 Å². The van der Waals surface area contributed by atoms with E-state index in [2.05, 4.69) is 14.7 Å². The topological polar surface area (TPSA) is 69.2 Å². The SMILES string of the molecule is CCOC(=O)CC(=O)CSc1cnccn1. The van der Waals surface area contributed by atoms with Gasteiger partial charge in [-0.05, 0) is 6.92 Å². The molecule has 1 rings (SSSR count). The zero-order chi connectivity index (χ0) is 11.8. The van der Waals surface area contributed by atoms with Gasteiger partial charge in [0.15, 0.2) is 5.78 Å². The van der Waals surface area contributed by atoms with E-state index >= 15 is 0 Å². The number of hydrogen-bond donors (Lipinski definition) is 0. The highest BCUT2D eigenvalue weighted by Crippen LogP contribution is 2.13. The molecule has 0 aromatic carbocycles. The Morgan fingerprint density at radius 3 is 2.88 bits per heavy atom. The molecule has 6 heteroatoms. The molecule has 0 bridgehead atoms. The Hall–Kier alpha value is -1.43. The van der Waals surface area contributed by atoms with Gasteiger partial charge in [-0.1, -0.05) is 11.8 Å². The van der Waals surface area contributed by atoms with E-state index in [-0.39, 0.29) is 18.0 Å². The molecule has 0 amide bonds. The molecule has 0 saturated heterocycles. The van der Waals surface area contributed by atoms with Gasteiger partial charge in [0.2, 0.25) is 0 Å². The molecular weight excluding hydrogens is 228 g/mol. The van der Waals surface area contributed by atoms with Crippen LogP contribution in [0.2, 0.25) is 0 Å². The Bertz CT molecular complexity index is 356. The number of aromatic nitrogens is 2. The van der Waals surface area contributed by atoms with Gasteiger partial charge in [0.05, 0.1) is 18.6 Å². The molecule has 0 aliphatic rings. The van der Waals surface area contributed by atoms with Gasteiger partial charge in [-0.25, -0.2) is 4.98 Å². The highest BCUT2D eigenvalue weighted by Gasteiger charge is 2.10. The fourth-order valence-electron chi connectivity index (χ4n) is 0.938. The first-order valence-electron chi connectivity index (χ1n) is 4.78. The lowest BCUT2D eigenvalue weighted by Gasteiger charge is -2.01. The molecule has 86 valence electrons. The van der Waals surface area contributed by atoms with E-state index in [9.17, 15) is 9.59 Å². The van der Waals surface area contributed by atoms with Crippen molar-refractivity contribution in [2.75, 3.05) is 12.4 Å². The van der Waals surface area contributed by atoms with Crippen LogP contribution in [0.5, 0.6) is 0 Å². The number of rotatable bonds is 6. The lowest BCUT2D eigenvalue weighted by atomic mass is 10.3. The minimum absolute atomic E-state index is 0.172. The number of Topliss-reactive ketones (excluding diaryl/α,β-unsaturated/α-hetero) is 1. The maximum absolute atomic E-state index is 11.3. The molecular formula is C10H12N2O3S. The molecule has 0 N–H and O–H groups in total. The minimum Gasteiger partial charge on any atom is -0.466 e. The Morgan fingerprint density at radius 2 is 2.25 bits per heavy atom. The monoisotopic (exact) mass is 240 g/mol. The van der Waals surface area contributed by atoms with Crippen molar-refractivity contribution in [2.24, 2.45) is 0 Å². The summed E-state index contributed by atoms with van der Waals surface area (Å²) in [6.07, 6.45) is 4.51. The van der Waals surface area contributed by atoms with Crippen LogP contribution in [0.3, 0.4) is 0 Å². The zero-order valence-corrected chi connectivity index (χ0v) is 9.70. The summed E-state index contributed by atoms with van der Waals surface area (Å²) in [5.74, 6) is -0.446. The lowest BCUT2D eigenvalue weighted by Crippen LogP contribution is -2.12. The summed E-state index contributed by atoms with van der Waals surface area (Å²) < 4.78 is 4.67. The molecule has 0 spiro atoms. The van der Waals surface area contributed by atoms with Crippen molar-refractivity contribution in [3.63, 3.8) is 0 Å². The summed E-state index contributed by atoms with van der Waals surface area (Å²) in [7, 11) is 0. The standard InChI is InChI=1S/C10H12N2O3S/c1-2-15-10(14)5-8(13)7-16-9-6-11-3-4-12-9/h3-4,6H,2,5,7H2,1H3. The first-order valence-corrected chi connectivity index (χ1v) is 5.77. The molecule has 1 heterocycles. The highest BCUT2D eigenvalue weighted by molar-refractivity contribution is 7.99. The van der Waals surface area contributed by atoms with Crippen LogP contribution in [-0.2, 0) is 14.3 Å². The number of carbonyl (C=O) groups is 2. The number of esters is 1. The summed E-state index contributed by atoms with van der Waals surface area (Å²) in [5, 5.41) is 0.666. The van der Waals surface area contributed by atoms with E-state index in [1.54, 1.807) is 25.5 Å². The Labute approximate surface area is 97.6 Å². The predicted octanol–water partition coefficient (Wildman–Crippen LogP) is 1.09. The minimum atomic E-state index is -0.479. The fraction of sp³-hybridized carbons (Fsp3) is 0.400. The average Bonchev–Trinajstić information content (AvgIpc) is 2.28. The van der Waals surface area contributed by atoms with E-state index in [4.69, 9.17) is 0 Å². The fourth-order valence-corrected chi connectivity index (χ4v) is 1.62. The quantitative estimate of drug-likeness (QED) is 0.421. The number of hydrogen-bond acceptors (Lipinski definition) is 6. The van der Waals surface area contributed by atoms with Gasteiger partial charge in [0.1, 0.15) is 11.4 Å². The number of thioether (sulfide) groups is 1. The first kappa shape index (κ1) is 12.6. The van der Waals surface area contributed by atoms with Crippen molar-refractivity contribution in [3.05, 3.63) is 18.6 Å². The molecule has 0 aliphatic carbocycles. The van der Waals surface area contributed by atoms with Crippen LogP contribution in [0.25, 0.3) is 0 Å². The zero-order valence-electron chi connectivity index (χ0n) is 8.88. The predicted molar refractivity (Wildman–Crippen MR) is 59.0 cm³/mol. The maximum atomic E-state index is 11.3. The Kier molecular flexibility index (Phi) is 5.49. The van der Waals surface area contributed by atoms with Crippen molar-refractivity contribution in [3.8, 4) is 0 Å². The average molecular weight is 240 g/mol. The van der Waals surface area contributed by atoms with Crippen molar-refractivity contribution in [2.45, 2.75) is 18.4 Å². The number of ether oxygens (including phenoxy) is 1. The highest BCUT2D eigenvalue weighted by atomic mass is 32.2. The summed E-state index contributed by atoms with van der Waals surface area (Å²) in [6.45, 7) is 2.00. The van der Waals surface area contributed by atoms with Gasteiger partial charge in [-0.3, -0.25) is 14.6 Å². The first-order chi connectivity index (χ1) is 7.72. The molecule has 5 nitrogen and oxygen atoms in total. The van der Waals surface area contributed by atoms with Crippen LogP contribution in [0.4, 0.5) is 0 Å². The summed E-state index contributed by atoms with van der Waals surface area (Å²) in [5.41, 5.74) is 0. The van der Waals surface area contributed by atoms with Crippen molar-refractivity contribution in [1.82, 2.24) is 9.97 Å². The number of carbonyl (C=O) groups excluding carboxylic acids is 2. The van der Waals surface area contributed by atoms with Crippen LogP contribution in [0, 0.1) is 0 Å². The van der Waals surface area contributed by atoms with Gasteiger partial charge >= 0.3 is 5.97 Å². The normalized spacial score (nSPS) is 9.81. The van der Waals surface area contributed by atoms with Crippen molar-refractivity contribution in [1.29, 1.82) is 0 Å². The lowest BCUT2D eigenvalue weighted by molar-refractivity contribution is -0.145. The smallest absolute Gasteiger partial charge is 0.313 e. The molecule has 0 atom stereocenters. The number of nitrogens with zero attached hydrogens (tertiary/aromatic N) is 2. The van der Waals surface area contributed by atoms with Crippen molar-refractivity contribution >= 4 is 23.5 Å². The van der Waals surface area contributed by atoms with Crippen LogP contribution >= 0.6 is 11.8 Å². The van der Waals surface area contributed by atoms with E-state index in [1.807, 2.05) is 0 Å². The van der Waals surface area contributed by atoms with Gasteiger partial charge in [0.25, 0.3) is 0 Å². The molecule has 1 aromatic rings. The summed E-state index contributed by atoms with van der Waals surface area (Å²) in [6, 6.07) is 0. The van der Waals surface area contributed by atoms with Gasteiger partial charge in [-0.2, -0.15) is 0 Å². The second kappa shape index (κ2) is 6.95. The van der Waals surface area contributed by atoms with Crippen molar-refractivity contribution < 1.29 is 14.3 Å². The summed E-state index contributed by atoms with van der Waals surface area (Å²) in [4.78, 5) is 30.2. The van der Waals surface area contributed by atoms with Crippen LogP contribution in [-0.4, -0.2) is 34.1 Å². The molecule has 0 aliphatic heterocycles. The maximum Gasteiger partial charge on any atom is 0.313 e. The van der Waals surface area contributed by atoms with E-state index in [0.717, 1.165) is 0 Å². The third-order valence-corrected chi connectivity index (χ3v) is 2.54. The van der Waals surface area contributed by atoms with E-state index in [1.165, 1.54) is 11.8 Å². The van der Waals surface area contributed by atoms with Crippen LogP contribution in [0.1, 0.15) is 13.3 Å². The molecule has 0 fully saturated rings. The largest absolute Gasteiger partial charge is 0.466 e. The molecule has 0 radical (unpaired) electrons. The molecule has 0 unspecified atom stereocenters. The van der Waals surface area contributed by atoms with Gasteiger partial charge < -0.3 is 4.74 Å². The molecule has 0 saturated carbocycles.